The molecule has 0 nitrogen and oxygen atoms in total. The van der Waals surface area contributed by atoms with Crippen LogP contribution in [-0.4, -0.2) is 0 Å². The third-order valence-corrected chi connectivity index (χ3v) is 8.08. The van der Waals surface area contributed by atoms with Crippen LogP contribution in [0.1, 0.15) is 88.5 Å². The van der Waals surface area contributed by atoms with E-state index in [1.165, 1.54) is 35.1 Å². The molecule has 0 saturated heterocycles. The first-order chi connectivity index (χ1) is 15.5. The predicted molar refractivity (Wildman–Crippen MR) is 140 cm³/mol. The summed E-state index contributed by atoms with van der Waals surface area (Å²) in [6.45, 7) is 14.3. The molecule has 0 radical (unpaired) electrons. The van der Waals surface area contributed by atoms with Gasteiger partial charge < -0.3 is 0 Å². The highest BCUT2D eigenvalue weighted by Crippen LogP contribution is 2.41. The zero-order valence-corrected chi connectivity index (χ0v) is 21.0. The van der Waals surface area contributed by atoms with E-state index in [0.717, 1.165) is 0 Å². The normalized spacial score (nSPS) is 17.2. The van der Waals surface area contributed by atoms with Crippen molar-refractivity contribution in [2.24, 2.45) is 23.7 Å². The molecule has 0 aliphatic carbocycles. The van der Waals surface area contributed by atoms with Gasteiger partial charge in [0, 0.05) is 11.8 Å². The van der Waals surface area contributed by atoms with E-state index in [9.17, 15) is 0 Å². The van der Waals surface area contributed by atoms with E-state index in [0.29, 0.717) is 35.5 Å². The molecule has 0 amide bonds. The molecule has 0 fully saturated rings. The maximum Gasteiger partial charge on any atom is 0.0118 e. The highest BCUT2D eigenvalue weighted by atomic mass is 14.3. The number of benzene rings is 3. The summed E-state index contributed by atoms with van der Waals surface area (Å²) in [7, 11) is 0. The minimum absolute atomic E-state index is 0.418. The van der Waals surface area contributed by atoms with E-state index in [1.54, 1.807) is 0 Å². The van der Waals surface area contributed by atoms with Gasteiger partial charge in [-0.15, -0.1) is 0 Å². The minimum Gasteiger partial charge on any atom is -0.0651 e. The molecule has 6 unspecified atom stereocenters. The van der Waals surface area contributed by atoms with Crippen molar-refractivity contribution >= 4 is 0 Å². The van der Waals surface area contributed by atoms with Gasteiger partial charge in [0.15, 0.2) is 0 Å². The lowest BCUT2D eigenvalue weighted by molar-refractivity contribution is 0.338. The zero-order chi connectivity index (χ0) is 23.1. The largest absolute Gasteiger partial charge is 0.0651 e. The third-order valence-electron chi connectivity index (χ3n) is 8.08. The fraction of sp³-hybridized carbons (Fsp3) is 0.438. The lowest BCUT2D eigenvalue weighted by Gasteiger charge is -2.32. The predicted octanol–water partition coefficient (Wildman–Crippen LogP) is 9.31. The Hall–Kier alpha value is -2.34. The van der Waals surface area contributed by atoms with E-state index >= 15 is 0 Å². The summed E-state index contributed by atoms with van der Waals surface area (Å²) in [6, 6.07) is 31.8. The Morgan fingerprint density at radius 2 is 0.812 bits per heavy atom. The Labute approximate surface area is 197 Å². The molecule has 0 aliphatic heterocycles. The first kappa shape index (κ1) is 24.3. The van der Waals surface area contributed by atoms with Crippen LogP contribution in [0.25, 0.3) is 0 Å². The van der Waals surface area contributed by atoms with Crippen molar-refractivity contribution in [2.45, 2.75) is 66.2 Å². The molecular formula is C32H42. The van der Waals surface area contributed by atoms with Gasteiger partial charge in [-0.25, -0.2) is 0 Å². The van der Waals surface area contributed by atoms with Crippen molar-refractivity contribution in [2.75, 3.05) is 0 Å². The minimum atomic E-state index is 0.418. The number of hydrogen-bond acceptors (Lipinski definition) is 0. The molecule has 0 heteroatoms. The van der Waals surface area contributed by atoms with Crippen LogP contribution in [0.15, 0.2) is 84.9 Å². The van der Waals surface area contributed by atoms with Gasteiger partial charge >= 0.3 is 0 Å². The van der Waals surface area contributed by atoms with Gasteiger partial charge in [0.1, 0.15) is 0 Å². The highest BCUT2D eigenvalue weighted by molar-refractivity contribution is 5.40. The number of rotatable bonds is 10. The van der Waals surface area contributed by atoms with Crippen molar-refractivity contribution in [3.05, 3.63) is 107 Å². The van der Waals surface area contributed by atoms with Gasteiger partial charge in [0.05, 0.1) is 0 Å². The molecular weight excluding hydrogens is 384 g/mol. The van der Waals surface area contributed by atoms with Crippen molar-refractivity contribution in [3.63, 3.8) is 0 Å². The molecule has 0 heterocycles. The van der Waals surface area contributed by atoms with Crippen LogP contribution in [0.3, 0.4) is 0 Å². The first-order valence-electron chi connectivity index (χ1n) is 12.7. The van der Waals surface area contributed by atoms with Crippen molar-refractivity contribution < 1.29 is 0 Å². The molecule has 0 aromatic heterocycles. The molecule has 0 bridgehead atoms. The SMILES string of the molecule is CCC(C)C(C)C(c1ccccc1)c1cccc(C(c2ccccc2)C(C)C(C)CC)c1. The van der Waals surface area contributed by atoms with Gasteiger partial charge in [0.25, 0.3) is 0 Å². The fourth-order valence-corrected chi connectivity index (χ4v) is 5.27. The van der Waals surface area contributed by atoms with Crippen molar-refractivity contribution in [1.29, 1.82) is 0 Å². The van der Waals surface area contributed by atoms with Gasteiger partial charge in [-0.2, -0.15) is 0 Å². The van der Waals surface area contributed by atoms with E-state index in [-0.39, 0.29) is 0 Å². The fourth-order valence-electron chi connectivity index (χ4n) is 5.27. The van der Waals surface area contributed by atoms with Gasteiger partial charge in [-0.1, -0.05) is 139 Å². The molecule has 0 spiro atoms. The van der Waals surface area contributed by atoms with Crippen LogP contribution < -0.4 is 0 Å². The second kappa shape index (κ2) is 11.5. The Kier molecular flexibility index (Phi) is 8.74. The topological polar surface area (TPSA) is 0 Å². The van der Waals surface area contributed by atoms with Crippen LogP contribution >= 0.6 is 0 Å². The summed E-state index contributed by atoms with van der Waals surface area (Å²) >= 11 is 0. The van der Waals surface area contributed by atoms with Crippen LogP contribution in [0.4, 0.5) is 0 Å². The van der Waals surface area contributed by atoms with Crippen molar-refractivity contribution in [1.82, 2.24) is 0 Å². The van der Waals surface area contributed by atoms with Gasteiger partial charge in [-0.05, 0) is 45.9 Å². The van der Waals surface area contributed by atoms with Gasteiger partial charge in [-0.3, -0.25) is 0 Å². The molecule has 0 aliphatic rings. The summed E-state index contributed by atoms with van der Waals surface area (Å²) in [4.78, 5) is 0. The summed E-state index contributed by atoms with van der Waals surface area (Å²) in [6.07, 6.45) is 2.42. The summed E-state index contributed by atoms with van der Waals surface area (Å²) in [5, 5.41) is 0. The standard InChI is InChI=1S/C32H42/c1-7-23(3)25(5)31(27-16-11-9-12-17-27)29-20-15-21-30(22-29)32(26(6)24(4)8-2)28-18-13-10-14-19-28/h9-26,31-32H,7-8H2,1-6H3. The third kappa shape index (κ3) is 5.52. The van der Waals surface area contributed by atoms with Crippen LogP contribution in [0.5, 0.6) is 0 Å². The molecule has 0 N–H and O–H groups in total. The quantitative estimate of drug-likeness (QED) is 0.303. The van der Waals surface area contributed by atoms with E-state index < -0.39 is 0 Å². The Bertz CT molecular complexity index is 852. The van der Waals surface area contributed by atoms with Gasteiger partial charge in [0.2, 0.25) is 0 Å². The summed E-state index contributed by atoms with van der Waals surface area (Å²) < 4.78 is 0. The van der Waals surface area contributed by atoms with Crippen molar-refractivity contribution in [3.8, 4) is 0 Å². The molecule has 170 valence electrons. The Morgan fingerprint density at radius 3 is 1.16 bits per heavy atom. The lowest BCUT2D eigenvalue weighted by Crippen LogP contribution is -2.20. The molecule has 6 atom stereocenters. The zero-order valence-electron chi connectivity index (χ0n) is 21.0. The van der Waals surface area contributed by atoms with Crippen LogP contribution in [-0.2, 0) is 0 Å². The average molecular weight is 427 g/mol. The highest BCUT2D eigenvalue weighted by Gasteiger charge is 2.28. The average Bonchev–Trinajstić information content (AvgIpc) is 2.84. The summed E-state index contributed by atoms with van der Waals surface area (Å²) in [5.41, 5.74) is 5.78. The smallest absolute Gasteiger partial charge is 0.0118 e. The summed E-state index contributed by atoms with van der Waals surface area (Å²) in [5.74, 6) is 3.35. The molecule has 0 saturated carbocycles. The lowest BCUT2D eigenvalue weighted by atomic mass is 9.72. The molecule has 3 aromatic carbocycles. The second-order valence-electron chi connectivity index (χ2n) is 9.94. The van der Waals surface area contributed by atoms with Crippen LogP contribution in [0, 0.1) is 23.7 Å². The Balaban J connectivity index is 2.10. The first-order valence-corrected chi connectivity index (χ1v) is 12.7. The molecule has 3 aromatic rings. The Morgan fingerprint density at radius 1 is 0.469 bits per heavy atom. The monoisotopic (exact) mass is 426 g/mol. The maximum absolute atomic E-state index is 2.52. The number of hydrogen-bond donors (Lipinski definition) is 0. The molecule has 3 rings (SSSR count). The van der Waals surface area contributed by atoms with E-state index in [4.69, 9.17) is 0 Å². The van der Waals surface area contributed by atoms with E-state index in [2.05, 4.69) is 126 Å². The maximum atomic E-state index is 2.52. The molecule has 32 heavy (non-hydrogen) atoms. The second-order valence-corrected chi connectivity index (χ2v) is 9.94. The van der Waals surface area contributed by atoms with Crippen LogP contribution in [0.2, 0.25) is 0 Å². The van der Waals surface area contributed by atoms with E-state index in [1.807, 2.05) is 0 Å².